The fourth-order valence-electron chi connectivity index (χ4n) is 1.39. The van der Waals surface area contributed by atoms with Gasteiger partial charge in [-0.15, -0.1) is 0 Å². The molecule has 1 heterocycles. The minimum absolute atomic E-state index is 0.223. The van der Waals surface area contributed by atoms with E-state index in [1.807, 2.05) is 0 Å². The zero-order valence-corrected chi connectivity index (χ0v) is 7.36. The Balaban J connectivity index is 2.31. The summed E-state index contributed by atoms with van der Waals surface area (Å²) in [5, 5.41) is 0. The quantitative estimate of drug-likeness (QED) is 0.625. The van der Waals surface area contributed by atoms with E-state index in [0.717, 1.165) is 12.8 Å². The Hall–Kier alpha value is -1.45. The van der Waals surface area contributed by atoms with Crippen molar-refractivity contribution in [3.63, 3.8) is 0 Å². The van der Waals surface area contributed by atoms with Crippen LogP contribution >= 0.6 is 0 Å². The first-order chi connectivity index (χ1) is 6.29. The first kappa shape index (κ1) is 8.16. The lowest BCUT2D eigenvalue weighted by atomic mass is 10.1. The third-order valence-electron chi connectivity index (χ3n) is 2.32. The molecule has 4 heteroatoms. The summed E-state index contributed by atoms with van der Waals surface area (Å²) < 4.78 is 4.71. The second-order valence-electron chi connectivity index (χ2n) is 3.15. The van der Waals surface area contributed by atoms with Crippen LogP contribution < -0.4 is 0 Å². The summed E-state index contributed by atoms with van der Waals surface area (Å²) in [6, 6.07) is 1.73. The van der Waals surface area contributed by atoms with Gasteiger partial charge in [0.1, 0.15) is 11.2 Å². The van der Waals surface area contributed by atoms with Gasteiger partial charge in [-0.2, -0.15) is 0 Å². The molecule has 0 amide bonds. The predicted molar refractivity (Wildman–Crippen MR) is 45.0 cm³/mol. The van der Waals surface area contributed by atoms with E-state index in [4.69, 9.17) is 4.74 Å². The minimum atomic E-state index is -0.532. The standard InChI is InChI=1S/C9H10N2O2/c1-13-8(12)9(3-4-9)7-10-5-2-6-11-7/h2,5-6H,3-4H2,1H3. The molecule has 0 N–H and O–H groups in total. The van der Waals surface area contributed by atoms with E-state index in [9.17, 15) is 4.79 Å². The lowest BCUT2D eigenvalue weighted by Gasteiger charge is -2.09. The zero-order valence-electron chi connectivity index (χ0n) is 7.36. The topological polar surface area (TPSA) is 52.1 Å². The van der Waals surface area contributed by atoms with Gasteiger partial charge in [-0.05, 0) is 18.9 Å². The second kappa shape index (κ2) is 2.80. The van der Waals surface area contributed by atoms with Gasteiger partial charge in [-0.3, -0.25) is 4.79 Å². The molecular weight excluding hydrogens is 168 g/mol. The average Bonchev–Trinajstić information content (AvgIpc) is 2.99. The molecule has 1 saturated carbocycles. The van der Waals surface area contributed by atoms with Crippen LogP contribution in [-0.2, 0) is 14.9 Å². The molecule has 1 aliphatic rings. The molecule has 1 fully saturated rings. The summed E-state index contributed by atoms with van der Waals surface area (Å²) in [7, 11) is 1.39. The summed E-state index contributed by atoms with van der Waals surface area (Å²) in [5.41, 5.74) is -0.532. The molecule has 0 aromatic carbocycles. The van der Waals surface area contributed by atoms with Crippen molar-refractivity contribution < 1.29 is 9.53 Å². The number of hydrogen-bond donors (Lipinski definition) is 0. The minimum Gasteiger partial charge on any atom is -0.468 e. The lowest BCUT2D eigenvalue weighted by molar-refractivity contribution is -0.143. The molecule has 0 saturated heterocycles. The van der Waals surface area contributed by atoms with E-state index in [1.54, 1.807) is 18.5 Å². The smallest absolute Gasteiger partial charge is 0.319 e. The first-order valence-electron chi connectivity index (χ1n) is 4.15. The number of carbonyl (C=O) groups excluding carboxylic acids is 1. The molecular formula is C9H10N2O2. The number of nitrogens with zero attached hydrogens (tertiary/aromatic N) is 2. The van der Waals surface area contributed by atoms with E-state index < -0.39 is 5.41 Å². The van der Waals surface area contributed by atoms with E-state index in [0.29, 0.717) is 5.82 Å². The molecule has 68 valence electrons. The third-order valence-corrected chi connectivity index (χ3v) is 2.32. The Labute approximate surface area is 76.0 Å². The number of methoxy groups -OCH3 is 1. The van der Waals surface area contributed by atoms with E-state index in [1.165, 1.54) is 7.11 Å². The monoisotopic (exact) mass is 178 g/mol. The van der Waals surface area contributed by atoms with Crippen LogP contribution in [0.4, 0.5) is 0 Å². The maximum atomic E-state index is 11.4. The normalized spacial score (nSPS) is 17.9. The molecule has 0 unspecified atom stereocenters. The Kier molecular flexibility index (Phi) is 1.76. The van der Waals surface area contributed by atoms with Crippen molar-refractivity contribution in [3.05, 3.63) is 24.3 Å². The fourth-order valence-corrected chi connectivity index (χ4v) is 1.39. The summed E-state index contributed by atoms with van der Waals surface area (Å²) in [6.45, 7) is 0. The molecule has 0 spiro atoms. The highest BCUT2D eigenvalue weighted by Gasteiger charge is 2.55. The van der Waals surface area contributed by atoms with Crippen molar-refractivity contribution in [1.82, 2.24) is 9.97 Å². The van der Waals surface area contributed by atoms with Crippen LogP contribution in [0.2, 0.25) is 0 Å². The van der Waals surface area contributed by atoms with Crippen LogP contribution in [0.25, 0.3) is 0 Å². The van der Waals surface area contributed by atoms with E-state index >= 15 is 0 Å². The van der Waals surface area contributed by atoms with E-state index in [-0.39, 0.29) is 5.97 Å². The molecule has 1 aromatic heterocycles. The Morgan fingerprint density at radius 1 is 1.46 bits per heavy atom. The summed E-state index contributed by atoms with van der Waals surface area (Å²) in [5.74, 6) is 0.362. The molecule has 0 bridgehead atoms. The Morgan fingerprint density at radius 2 is 2.08 bits per heavy atom. The molecule has 0 atom stereocenters. The highest BCUT2D eigenvalue weighted by atomic mass is 16.5. The maximum Gasteiger partial charge on any atom is 0.319 e. The zero-order chi connectivity index (χ0) is 9.31. The molecule has 4 nitrogen and oxygen atoms in total. The number of esters is 1. The van der Waals surface area contributed by atoms with Gasteiger partial charge < -0.3 is 4.74 Å². The van der Waals surface area contributed by atoms with Gasteiger partial charge in [-0.25, -0.2) is 9.97 Å². The maximum absolute atomic E-state index is 11.4. The van der Waals surface area contributed by atoms with Gasteiger partial charge in [0.2, 0.25) is 0 Å². The highest BCUT2D eigenvalue weighted by molar-refractivity contribution is 5.85. The lowest BCUT2D eigenvalue weighted by Crippen LogP contribution is -2.24. The van der Waals surface area contributed by atoms with Gasteiger partial charge in [0.25, 0.3) is 0 Å². The highest BCUT2D eigenvalue weighted by Crippen LogP contribution is 2.47. The van der Waals surface area contributed by atoms with Gasteiger partial charge >= 0.3 is 5.97 Å². The molecule has 2 rings (SSSR count). The number of rotatable bonds is 2. The third kappa shape index (κ3) is 1.18. The predicted octanol–water partition coefficient (Wildman–Crippen LogP) is 0.681. The summed E-state index contributed by atoms with van der Waals surface area (Å²) in [4.78, 5) is 19.5. The van der Waals surface area contributed by atoms with E-state index in [2.05, 4.69) is 9.97 Å². The average molecular weight is 178 g/mol. The van der Waals surface area contributed by atoms with Gasteiger partial charge in [0, 0.05) is 12.4 Å². The van der Waals surface area contributed by atoms with Crippen molar-refractivity contribution in [3.8, 4) is 0 Å². The number of aromatic nitrogens is 2. The van der Waals surface area contributed by atoms with Gasteiger partial charge in [-0.1, -0.05) is 0 Å². The molecule has 13 heavy (non-hydrogen) atoms. The molecule has 0 aliphatic heterocycles. The van der Waals surface area contributed by atoms with Gasteiger partial charge in [0.05, 0.1) is 7.11 Å². The Morgan fingerprint density at radius 3 is 2.54 bits per heavy atom. The van der Waals surface area contributed by atoms with Crippen LogP contribution in [0.3, 0.4) is 0 Å². The number of hydrogen-bond acceptors (Lipinski definition) is 4. The van der Waals surface area contributed by atoms with Crippen molar-refractivity contribution in [2.45, 2.75) is 18.3 Å². The molecule has 1 aliphatic carbocycles. The molecule has 0 radical (unpaired) electrons. The van der Waals surface area contributed by atoms with Crippen LogP contribution in [0, 0.1) is 0 Å². The molecule has 1 aromatic rings. The van der Waals surface area contributed by atoms with Crippen LogP contribution in [0.1, 0.15) is 18.7 Å². The van der Waals surface area contributed by atoms with Crippen molar-refractivity contribution in [2.75, 3.05) is 7.11 Å². The summed E-state index contributed by atoms with van der Waals surface area (Å²) >= 11 is 0. The number of carbonyl (C=O) groups is 1. The van der Waals surface area contributed by atoms with Crippen molar-refractivity contribution >= 4 is 5.97 Å². The SMILES string of the molecule is COC(=O)C1(c2ncccn2)CC1. The Bertz CT molecular complexity index is 320. The van der Waals surface area contributed by atoms with Gasteiger partial charge in [0.15, 0.2) is 0 Å². The van der Waals surface area contributed by atoms with Crippen molar-refractivity contribution in [2.24, 2.45) is 0 Å². The number of ether oxygens (including phenoxy) is 1. The second-order valence-corrected chi connectivity index (χ2v) is 3.15. The van der Waals surface area contributed by atoms with Crippen molar-refractivity contribution in [1.29, 1.82) is 0 Å². The first-order valence-corrected chi connectivity index (χ1v) is 4.15. The summed E-state index contributed by atoms with van der Waals surface area (Å²) in [6.07, 6.45) is 4.88. The van der Waals surface area contributed by atoms with Crippen LogP contribution in [-0.4, -0.2) is 23.0 Å². The fraction of sp³-hybridized carbons (Fsp3) is 0.444. The largest absolute Gasteiger partial charge is 0.468 e. The van der Waals surface area contributed by atoms with Crippen LogP contribution in [0.15, 0.2) is 18.5 Å². The van der Waals surface area contributed by atoms with Crippen LogP contribution in [0.5, 0.6) is 0 Å².